The number of fused-ring (bicyclic) bond motifs is 1. The summed E-state index contributed by atoms with van der Waals surface area (Å²) in [6, 6.07) is 17.9. The fourth-order valence-corrected chi connectivity index (χ4v) is 5.10. The minimum absolute atomic E-state index is 0.0354. The molecular weight excluding hydrogens is 418 g/mol. The Morgan fingerprint density at radius 3 is 2.62 bits per heavy atom. The van der Waals surface area contributed by atoms with Crippen LogP contribution in [0.15, 0.2) is 54.6 Å². The maximum atomic E-state index is 13.0. The van der Waals surface area contributed by atoms with E-state index in [1.54, 1.807) is 0 Å². The van der Waals surface area contributed by atoms with Gasteiger partial charge in [0.25, 0.3) is 5.91 Å². The van der Waals surface area contributed by atoms with Gasteiger partial charge in [-0.1, -0.05) is 48.0 Å². The van der Waals surface area contributed by atoms with Crippen LogP contribution < -0.4 is 10.6 Å². The van der Waals surface area contributed by atoms with Gasteiger partial charge >= 0.3 is 0 Å². The van der Waals surface area contributed by atoms with E-state index < -0.39 is 0 Å². The Morgan fingerprint density at radius 1 is 1.12 bits per heavy atom. The number of carbonyl (C=O) groups excluding carboxylic acids is 2. The number of nitrogens with zero attached hydrogens (tertiary/aromatic N) is 1. The van der Waals surface area contributed by atoms with E-state index in [0.717, 1.165) is 48.2 Å². The van der Waals surface area contributed by atoms with E-state index >= 15 is 0 Å². The predicted octanol–water partition coefficient (Wildman–Crippen LogP) is 5.26. The third kappa shape index (κ3) is 5.43. The molecule has 2 amide bonds. The maximum absolute atomic E-state index is 13.0. The van der Waals surface area contributed by atoms with Crippen molar-refractivity contribution in [2.24, 2.45) is 0 Å². The molecule has 2 N–H and O–H groups in total. The van der Waals surface area contributed by atoms with Crippen LogP contribution in [0.5, 0.6) is 0 Å². The first kappa shape index (κ1) is 22.2. The van der Waals surface area contributed by atoms with Gasteiger partial charge in [0, 0.05) is 16.5 Å². The Hall–Kier alpha value is -2.99. The van der Waals surface area contributed by atoms with Crippen LogP contribution in [-0.4, -0.2) is 22.8 Å². The highest BCUT2D eigenvalue weighted by Crippen LogP contribution is 2.37. The molecule has 2 unspecified atom stereocenters. The van der Waals surface area contributed by atoms with Gasteiger partial charge in [-0.2, -0.15) is 0 Å². The first-order chi connectivity index (χ1) is 15.5. The Kier molecular flexibility index (Phi) is 7.00. The molecule has 166 valence electrons. The second kappa shape index (κ2) is 10.1. The second-order valence-corrected chi connectivity index (χ2v) is 9.61. The fourth-order valence-electron chi connectivity index (χ4n) is 4.04. The smallest absolute Gasteiger partial charge is 0.257 e. The summed E-state index contributed by atoms with van der Waals surface area (Å²) in [6.45, 7) is 4.04. The number of thiazole rings is 1. The van der Waals surface area contributed by atoms with Crippen LogP contribution in [0.2, 0.25) is 0 Å². The zero-order valence-electron chi connectivity index (χ0n) is 18.6. The van der Waals surface area contributed by atoms with Gasteiger partial charge < -0.3 is 5.32 Å². The van der Waals surface area contributed by atoms with Gasteiger partial charge in [0.2, 0.25) is 5.91 Å². The highest BCUT2D eigenvalue weighted by molar-refractivity contribution is 7.16. The van der Waals surface area contributed by atoms with Crippen LogP contribution in [0, 0.1) is 6.92 Å². The summed E-state index contributed by atoms with van der Waals surface area (Å²) < 4.78 is 0. The summed E-state index contributed by atoms with van der Waals surface area (Å²) in [7, 11) is 0. The van der Waals surface area contributed by atoms with Crippen LogP contribution >= 0.6 is 11.3 Å². The van der Waals surface area contributed by atoms with Crippen molar-refractivity contribution in [1.82, 2.24) is 10.3 Å². The molecule has 0 bridgehead atoms. The first-order valence-corrected chi connectivity index (χ1v) is 12.0. The highest BCUT2D eigenvalue weighted by Gasteiger charge is 2.31. The van der Waals surface area contributed by atoms with Gasteiger partial charge in [-0.3, -0.25) is 14.9 Å². The third-order valence-electron chi connectivity index (χ3n) is 5.90. The van der Waals surface area contributed by atoms with Crippen molar-refractivity contribution in [3.8, 4) is 0 Å². The van der Waals surface area contributed by atoms with E-state index in [0.29, 0.717) is 10.7 Å². The number of aryl methyl sites for hydroxylation is 3. The van der Waals surface area contributed by atoms with Gasteiger partial charge in [0.05, 0.1) is 11.6 Å². The van der Waals surface area contributed by atoms with Crippen molar-refractivity contribution < 1.29 is 9.59 Å². The molecule has 0 fully saturated rings. The Bertz CT molecular complexity index is 1080. The molecule has 0 aliphatic heterocycles. The van der Waals surface area contributed by atoms with Crippen molar-refractivity contribution in [2.45, 2.75) is 57.9 Å². The minimum Gasteiger partial charge on any atom is -0.353 e. The standard InChI is InChI=1S/C26H29N3O2S/c1-17-11-15-20(16-12-17)24(30)29-26-28-23-21(9-6-10-22(23)32-26)25(31)27-18(2)13-14-19-7-4-3-5-8-19/h3-5,7-8,11-12,15-16,18,21H,6,9-10,13-14H2,1-2H3,(H,27,31)(H,28,29,30). The lowest BCUT2D eigenvalue weighted by Crippen LogP contribution is -2.37. The van der Waals surface area contributed by atoms with Crippen LogP contribution in [-0.2, 0) is 17.6 Å². The van der Waals surface area contributed by atoms with Crippen LogP contribution in [0.4, 0.5) is 5.13 Å². The predicted molar refractivity (Wildman–Crippen MR) is 129 cm³/mol. The van der Waals surface area contributed by atoms with Crippen molar-refractivity contribution >= 4 is 28.3 Å². The lowest BCUT2D eigenvalue weighted by atomic mass is 9.90. The van der Waals surface area contributed by atoms with Gasteiger partial charge in [-0.05, 0) is 63.6 Å². The molecule has 3 aromatic rings. The lowest BCUT2D eigenvalue weighted by molar-refractivity contribution is -0.123. The molecule has 32 heavy (non-hydrogen) atoms. The van der Waals surface area contributed by atoms with E-state index in [9.17, 15) is 9.59 Å². The average Bonchev–Trinajstić information content (AvgIpc) is 3.21. The number of benzene rings is 2. The Morgan fingerprint density at radius 2 is 1.88 bits per heavy atom. The number of anilines is 1. The van der Waals surface area contributed by atoms with E-state index in [4.69, 9.17) is 0 Å². The summed E-state index contributed by atoms with van der Waals surface area (Å²) in [5.41, 5.74) is 3.82. The second-order valence-electron chi connectivity index (χ2n) is 8.53. The number of hydrogen-bond acceptors (Lipinski definition) is 4. The number of carbonyl (C=O) groups is 2. The summed E-state index contributed by atoms with van der Waals surface area (Å²) in [4.78, 5) is 31.4. The highest BCUT2D eigenvalue weighted by atomic mass is 32.1. The largest absolute Gasteiger partial charge is 0.353 e. The van der Waals surface area contributed by atoms with E-state index in [-0.39, 0.29) is 23.8 Å². The van der Waals surface area contributed by atoms with Crippen LogP contribution in [0.3, 0.4) is 0 Å². The molecule has 1 aliphatic rings. The molecule has 0 radical (unpaired) electrons. The van der Waals surface area contributed by atoms with Crippen LogP contribution in [0.25, 0.3) is 0 Å². The van der Waals surface area contributed by atoms with Crippen molar-refractivity contribution in [3.05, 3.63) is 81.9 Å². The number of aromatic nitrogens is 1. The molecular formula is C26H29N3O2S. The summed E-state index contributed by atoms with van der Waals surface area (Å²) in [5, 5.41) is 6.66. The molecule has 5 nitrogen and oxygen atoms in total. The molecule has 0 saturated heterocycles. The van der Waals surface area contributed by atoms with Gasteiger partial charge in [0.1, 0.15) is 0 Å². The van der Waals surface area contributed by atoms with Crippen molar-refractivity contribution in [3.63, 3.8) is 0 Å². The van der Waals surface area contributed by atoms with E-state index in [2.05, 4.69) is 34.7 Å². The van der Waals surface area contributed by atoms with Crippen molar-refractivity contribution in [1.29, 1.82) is 0 Å². The quantitative estimate of drug-likeness (QED) is 0.519. The molecule has 4 rings (SSSR count). The topological polar surface area (TPSA) is 71.1 Å². The summed E-state index contributed by atoms with van der Waals surface area (Å²) in [6.07, 6.45) is 4.48. The molecule has 1 aromatic heterocycles. The zero-order valence-corrected chi connectivity index (χ0v) is 19.4. The van der Waals surface area contributed by atoms with E-state index in [1.165, 1.54) is 16.9 Å². The lowest BCUT2D eigenvalue weighted by Gasteiger charge is -2.23. The molecule has 1 heterocycles. The molecule has 1 aliphatic carbocycles. The maximum Gasteiger partial charge on any atom is 0.257 e. The molecule has 2 atom stereocenters. The molecule has 0 saturated carbocycles. The van der Waals surface area contributed by atoms with E-state index in [1.807, 2.05) is 49.4 Å². The van der Waals surface area contributed by atoms with Crippen molar-refractivity contribution in [2.75, 3.05) is 5.32 Å². The minimum atomic E-state index is -0.251. The molecule has 2 aromatic carbocycles. The van der Waals surface area contributed by atoms with Gasteiger partial charge in [0.15, 0.2) is 5.13 Å². The number of rotatable bonds is 7. The monoisotopic (exact) mass is 447 g/mol. The third-order valence-corrected chi connectivity index (χ3v) is 6.95. The number of hydrogen-bond donors (Lipinski definition) is 2. The van der Waals surface area contributed by atoms with Crippen LogP contribution in [0.1, 0.15) is 64.2 Å². The molecule has 0 spiro atoms. The van der Waals surface area contributed by atoms with Gasteiger partial charge in [-0.25, -0.2) is 4.98 Å². The Labute approximate surface area is 193 Å². The number of nitrogens with one attached hydrogen (secondary N) is 2. The number of amides is 2. The summed E-state index contributed by atoms with van der Waals surface area (Å²) in [5.74, 6) is -0.390. The SMILES string of the molecule is Cc1ccc(C(=O)Nc2nc3c(s2)CCCC3C(=O)NC(C)CCc2ccccc2)cc1. The molecule has 6 heteroatoms. The normalized spacial score (nSPS) is 16.1. The zero-order chi connectivity index (χ0) is 22.5. The Balaban J connectivity index is 1.38. The first-order valence-electron chi connectivity index (χ1n) is 11.2. The average molecular weight is 448 g/mol. The summed E-state index contributed by atoms with van der Waals surface area (Å²) >= 11 is 1.49. The fraction of sp³-hybridized carbons (Fsp3) is 0.346. The van der Waals surface area contributed by atoms with Gasteiger partial charge in [-0.15, -0.1) is 11.3 Å².